The van der Waals surface area contributed by atoms with Crippen molar-refractivity contribution in [3.63, 3.8) is 0 Å². The fourth-order valence-corrected chi connectivity index (χ4v) is 8.66. The lowest BCUT2D eigenvalue weighted by Crippen LogP contribution is -2.18. The minimum absolute atomic E-state index is 0.00555. The molecule has 0 aliphatic heterocycles. The molecule has 5 aromatic carbocycles. The van der Waals surface area contributed by atoms with Gasteiger partial charge in [0.05, 0.1) is 29.7 Å². The van der Waals surface area contributed by atoms with E-state index >= 15 is 0 Å². The van der Waals surface area contributed by atoms with Crippen molar-refractivity contribution >= 4 is 50.2 Å². The van der Waals surface area contributed by atoms with Crippen molar-refractivity contribution in [3.05, 3.63) is 202 Å². The van der Waals surface area contributed by atoms with E-state index < -0.39 is 33.1 Å². The van der Waals surface area contributed by atoms with Crippen molar-refractivity contribution in [2.24, 2.45) is 51.8 Å². The highest BCUT2D eigenvalue weighted by Gasteiger charge is 2.20. The number of carbonyl (C=O) groups excluding carboxylic acids is 1. The number of esters is 1. The molecule has 0 spiro atoms. The Morgan fingerprint density at radius 2 is 0.955 bits per heavy atom. The van der Waals surface area contributed by atoms with E-state index in [9.17, 15) is 48.2 Å². The standard InChI is InChI=1S/C23H23N3O5.C21H18N4O5S.C16H19N3O3.2C2H6/c1-14-12-17(23(29)31-13-30-18-8-6-5-7-9-18)10-11-19(14)24-25-20-15(2)16(3)21(27)26(4)22(20)28;1-13-9-10-15(30-31(28,29)16-7-5-4-6-8-16)11-18(13)23-24-19-14(2)17(12-22)20(26)25(3)21(19)27;1-9-8-12(22-5)6-7-13(9)17-18-14-10(2)11(3)15(20)19(4)16(14)21;2*1-2/h5-12,27H,13H2,1-4H3;4-11,26H,1-3H3;6-8,20H,1-5H3;2*1-2H3. The third-order valence-electron chi connectivity index (χ3n) is 13.2. The van der Waals surface area contributed by atoms with Gasteiger partial charge in [-0.15, -0.1) is 20.5 Å². The Kier molecular flexibility index (Phi) is 25.5. The van der Waals surface area contributed by atoms with E-state index in [1.54, 1.807) is 115 Å². The van der Waals surface area contributed by atoms with Crippen LogP contribution < -0.4 is 30.3 Å². The zero-order valence-electron chi connectivity index (χ0n) is 52.0. The number of carbonyl (C=O) groups is 1. The molecular weight excluding hydrogens is 1150 g/mol. The smallest absolute Gasteiger partial charge is 0.341 e. The molecular formula is C64H72N10O13S. The SMILES string of the molecule is CC.CC.COc1ccc(N=Nc2c(C)c(C)c(O)n(C)c2=O)c(C)c1.Cc1cc(C(=O)OCOc2ccccc2)ccc1N=Nc1c(C)c(C)c(O)n(C)c1=O.Cc1ccc(OS(=O)(=O)c2ccccc2)cc1N=Nc1c(C)c(C#N)c(O)n(C)c1=O. The van der Waals surface area contributed by atoms with Gasteiger partial charge in [-0.2, -0.15) is 23.9 Å². The third kappa shape index (κ3) is 17.1. The highest BCUT2D eigenvalue weighted by molar-refractivity contribution is 7.87. The van der Waals surface area contributed by atoms with E-state index in [-0.39, 0.29) is 68.6 Å². The summed E-state index contributed by atoms with van der Waals surface area (Å²) < 4.78 is 48.9. The third-order valence-corrected chi connectivity index (χ3v) is 14.5. The number of nitriles is 1. The Morgan fingerprint density at radius 1 is 0.511 bits per heavy atom. The summed E-state index contributed by atoms with van der Waals surface area (Å²) in [6.45, 7) is 21.6. The van der Waals surface area contributed by atoms with Gasteiger partial charge in [0.25, 0.3) is 16.7 Å². The Morgan fingerprint density at radius 3 is 1.43 bits per heavy atom. The highest BCUT2D eigenvalue weighted by atomic mass is 32.2. The van der Waals surface area contributed by atoms with E-state index in [1.165, 1.54) is 52.3 Å². The summed E-state index contributed by atoms with van der Waals surface area (Å²) in [6.07, 6.45) is 0. The number of aromatic nitrogens is 3. The van der Waals surface area contributed by atoms with Gasteiger partial charge in [-0.25, -0.2) is 4.79 Å². The van der Waals surface area contributed by atoms with Gasteiger partial charge in [-0.05, 0) is 150 Å². The Labute approximate surface area is 510 Å². The quantitative estimate of drug-likeness (QED) is 0.0395. The van der Waals surface area contributed by atoms with Crippen LogP contribution in [-0.2, 0) is 36.0 Å². The molecule has 3 heterocycles. The molecule has 462 valence electrons. The molecule has 88 heavy (non-hydrogen) atoms. The lowest BCUT2D eigenvalue weighted by atomic mass is 10.1. The second-order valence-corrected chi connectivity index (χ2v) is 20.3. The zero-order chi connectivity index (χ0) is 65.7. The van der Waals surface area contributed by atoms with Crippen LogP contribution in [0.1, 0.15) is 88.1 Å². The maximum atomic E-state index is 12.4. The van der Waals surface area contributed by atoms with Crippen LogP contribution in [0.3, 0.4) is 0 Å². The minimum atomic E-state index is -4.03. The monoisotopic (exact) mass is 1220 g/mol. The summed E-state index contributed by atoms with van der Waals surface area (Å²) in [5.41, 5.74) is 5.29. The van der Waals surface area contributed by atoms with Crippen LogP contribution in [0, 0.1) is 66.7 Å². The number of benzene rings is 5. The first-order valence-corrected chi connectivity index (χ1v) is 28.8. The van der Waals surface area contributed by atoms with Gasteiger partial charge in [-0.1, -0.05) is 70.2 Å². The van der Waals surface area contributed by atoms with Crippen LogP contribution >= 0.6 is 0 Å². The number of ether oxygens (including phenoxy) is 3. The van der Waals surface area contributed by atoms with Gasteiger partial charge in [-0.3, -0.25) is 28.1 Å². The summed E-state index contributed by atoms with van der Waals surface area (Å²) in [5, 5.41) is 63.5. The molecule has 0 saturated carbocycles. The molecule has 8 aromatic rings. The van der Waals surface area contributed by atoms with Gasteiger partial charge in [0.15, 0.2) is 28.8 Å². The van der Waals surface area contributed by atoms with Gasteiger partial charge in [0.1, 0.15) is 33.8 Å². The van der Waals surface area contributed by atoms with Crippen molar-refractivity contribution in [2.75, 3.05) is 13.9 Å². The van der Waals surface area contributed by atoms with Crippen molar-refractivity contribution in [2.45, 2.75) is 88.0 Å². The average molecular weight is 1220 g/mol. The topological polar surface area (TPSA) is 313 Å². The first-order chi connectivity index (χ1) is 41.8. The molecule has 0 unspecified atom stereocenters. The maximum absolute atomic E-state index is 12.4. The van der Waals surface area contributed by atoms with E-state index in [0.29, 0.717) is 56.1 Å². The number of methoxy groups -OCH3 is 1. The largest absolute Gasteiger partial charge is 0.497 e. The summed E-state index contributed by atoms with van der Waals surface area (Å²) in [4.78, 5) is 49.3. The fourth-order valence-electron chi connectivity index (χ4n) is 7.72. The maximum Gasteiger partial charge on any atom is 0.341 e. The molecule has 24 heteroatoms. The number of para-hydroxylation sites is 1. The van der Waals surface area contributed by atoms with Crippen LogP contribution in [0.15, 0.2) is 165 Å². The van der Waals surface area contributed by atoms with Crippen molar-refractivity contribution in [1.82, 2.24) is 13.7 Å². The average Bonchev–Trinajstić information content (AvgIpc) is 3.57. The number of aromatic hydroxyl groups is 3. The van der Waals surface area contributed by atoms with Gasteiger partial charge in [0.2, 0.25) is 12.7 Å². The number of pyridine rings is 3. The molecule has 8 rings (SSSR count). The summed E-state index contributed by atoms with van der Waals surface area (Å²) >= 11 is 0. The molecule has 0 bridgehead atoms. The van der Waals surface area contributed by atoms with E-state index in [1.807, 2.05) is 65.0 Å². The first-order valence-electron chi connectivity index (χ1n) is 27.4. The molecule has 3 N–H and O–H groups in total. The Balaban J connectivity index is 0.000000278. The Hall–Kier alpha value is -10.5. The van der Waals surface area contributed by atoms with Crippen molar-refractivity contribution < 1.29 is 46.9 Å². The number of nitrogens with zero attached hydrogens (tertiary/aromatic N) is 10. The van der Waals surface area contributed by atoms with Crippen LogP contribution in [-0.4, -0.2) is 57.3 Å². The summed E-state index contributed by atoms with van der Waals surface area (Å²) in [5.74, 6) is 0.232. The highest BCUT2D eigenvalue weighted by Crippen LogP contribution is 2.33. The molecule has 23 nitrogen and oxygen atoms in total. The molecule has 0 aliphatic rings. The predicted molar refractivity (Wildman–Crippen MR) is 335 cm³/mol. The number of rotatable bonds is 14. The second-order valence-electron chi connectivity index (χ2n) is 18.8. The number of azo groups is 3. The van der Waals surface area contributed by atoms with E-state index in [2.05, 4.69) is 30.7 Å². The number of aryl methyl sites for hydroxylation is 3. The first kappa shape index (κ1) is 69.9. The Bertz CT molecular complexity index is 4250. The molecule has 0 saturated heterocycles. The molecule has 0 radical (unpaired) electrons. The van der Waals surface area contributed by atoms with Crippen LogP contribution in [0.5, 0.6) is 34.9 Å². The van der Waals surface area contributed by atoms with Crippen molar-refractivity contribution in [1.29, 1.82) is 5.26 Å². The number of hydrogen-bond donors (Lipinski definition) is 3. The van der Waals surface area contributed by atoms with Gasteiger partial charge < -0.3 is 33.7 Å². The molecule has 0 fully saturated rings. The molecule has 3 aromatic heterocycles. The second kappa shape index (κ2) is 32.1. The lowest BCUT2D eigenvalue weighted by Gasteiger charge is -2.10. The van der Waals surface area contributed by atoms with Crippen LogP contribution in [0.4, 0.5) is 34.1 Å². The van der Waals surface area contributed by atoms with E-state index in [0.717, 1.165) is 25.0 Å². The molecule has 0 aliphatic carbocycles. The lowest BCUT2D eigenvalue weighted by molar-refractivity contribution is 0.0154. The molecule has 0 amide bonds. The zero-order valence-corrected chi connectivity index (χ0v) is 52.8. The molecule has 0 atom stereocenters. The van der Waals surface area contributed by atoms with E-state index in [4.69, 9.17) is 18.4 Å². The summed E-state index contributed by atoms with van der Waals surface area (Å²) in [6, 6.07) is 33.3. The van der Waals surface area contributed by atoms with Crippen LogP contribution in [0.2, 0.25) is 0 Å². The predicted octanol–water partition coefficient (Wildman–Crippen LogP) is 13.9. The minimum Gasteiger partial charge on any atom is -0.497 e. The fraction of sp³-hybridized carbons (Fsp3) is 0.266. The normalized spacial score (nSPS) is 10.8. The summed E-state index contributed by atoms with van der Waals surface area (Å²) in [7, 11) is 1.85. The van der Waals surface area contributed by atoms with Gasteiger partial charge in [0, 0.05) is 43.9 Å². The number of hydrogen-bond acceptors (Lipinski definition) is 20. The van der Waals surface area contributed by atoms with Gasteiger partial charge >= 0.3 is 16.1 Å². The van der Waals surface area contributed by atoms with Crippen LogP contribution in [0.25, 0.3) is 0 Å². The van der Waals surface area contributed by atoms with Crippen molar-refractivity contribution in [3.8, 4) is 41.0 Å².